The van der Waals surface area contributed by atoms with E-state index in [-0.39, 0.29) is 6.10 Å². The summed E-state index contributed by atoms with van der Waals surface area (Å²) in [7, 11) is 0. The van der Waals surface area contributed by atoms with Gasteiger partial charge in [0.25, 0.3) is 0 Å². The summed E-state index contributed by atoms with van der Waals surface area (Å²) in [5, 5.41) is 9.56. The first-order valence-corrected chi connectivity index (χ1v) is 6.51. The van der Waals surface area contributed by atoms with E-state index in [1.54, 1.807) is 0 Å². The summed E-state index contributed by atoms with van der Waals surface area (Å²) < 4.78 is 0. The Kier molecular flexibility index (Phi) is 3.52. The highest BCUT2D eigenvalue weighted by Crippen LogP contribution is 2.24. The lowest BCUT2D eigenvalue weighted by Gasteiger charge is -2.38. The fraction of sp³-hybridized carbons (Fsp3) is 1.00. The van der Waals surface area contributed by atoms with Crippen LogP contribution in [0, 0.1) is 0 Å². The van der Waals surface area contributed by atoms with Gasteiger partial charge in [-0.2, -0.15) is 11.8 Å². The zero-order chi connectivity index (χ0) is 9.10. The van der Waals surface area contributed by atoms with Crippen molar-refractivity contribution in [1.82, 2.24) is 4.90 Å². The van der Waals surface area contributed by atoms with Crippen molar-refractivity contribution in [2.24, 2.45) is 0 Å². The van der Waals surface area contributed by atoms with E-state index < -0.39 is 0 Å². The summed E-state index contributed by atoms with van der Waals surface area (Å²) in [6.07, 6.45) is 4.85. The average Bonchev–Trinajstić information content (AvgIpc) is 2.19. The van der Waals surface area contributed by atoms with Crippen LogP contribution in [0.25, 0.3) is 0 Å². The van der Waals surface area contributed by atoms with E-state index in [2.05, 4.69) is 16.7 Å². The molecule has 0 aliphatic carbocycles. The minimum atomic E-state index is -0.0549. The first-order chi connectivity index (χ1) is 6.36. The van der Waals surface area contributed by atoms with Crippen molar-refractivity contribution < 1.29 is 5.11 Å². The van der Waals surface area contributed by atoms with Crippen molar-refractivity contribution in [2.45, 2.75) is 37.8 Å². The predicted octanol–water partition coefficient (Wildman–Crippen LogP) is 1.34. The number of hydrogen-bond acceptors (Lipinski definition) is 3. The van der Waals surface area contributed by atoms with Crippen molar-refractivity contribution in [1.29, 1.82) is 0 Å². The molecule has 0 amide bonds. The number of rotatable bonds is 1. The van der Waals surface area contributed by atoms with Crippen molar-refractivity contribution in [3.63, 3.8) is 0 Å². The molecule has 2 atom stereocenters. The molecule has 2 heterocycles. The molecule has 0 spiro atoms. The Labute approximate surface area is 84.7 Å². The highest BCUT2D eigenvalue weighted by atomic mass is 32.2. The van der Waals surface area contributed by atoms with E-state index in [0.29, 0.717) is 0 Å². The Bertz CT molecular complexity index is 159. The molecule has 0 saturated carbocycles. The highest BCUT2D eigenvalue weighted by Gasteiger charge is 2.25. The maximum atomic E-state index is 9.56. The molecule has 0 aromatic heterocycles. The number of likely N-dealkylation sites (tertiary alicyclic amines) is 1. The molecule has 0 aromatic carbocycles. The molecule has 13 heavy (non-hydrogen) atoms. The third-order valence-electron chi connectivity index (χ3n) is 3.08. The third-order valence-corrected chi connectivity index (χ3v) is 4.28. The standard InChI is InChI=1S/C10H19NOS/c12-10-4-1-5-11(7-10)9-3-2-6-13-8-9/h9-10,12H,1-8H2. The van der Waals surface area contributed by atoms with Crippen LogP contribution >= 0.6 is 11.8 Å². The molecule has 76 valence electrons. The Hall–Kier alpha value is 0.270. The summed E-state index contributed by atoms with van der Waals surface area (Å²) in [6.45, 7) is 2.13. The van der Waals surface area contributed by atoms with Crippen LogP contribution in [0.3, 0.4) is 0 Å². The Morgan fingerprint density at radius 2 is 2.15 bits per heavy atom. The SMILES string of the molecule is OC1CCCN(C2CCCSC2)C1. The Morgan fingerprint density at radius 1 is 1.23 bits per heavy atom. The Morgan fingerprint density at radius 3 is 2.85 bits per heavy atom. The van der Waals surface area contributed by atoms with Crippen molar-refractivity contribution >= 4 is 11.8 Å². The molecule has 0 bridgehead atoms. The van der Waals surface area contributed by atoms with Crippen LogP contribution < -0.4 is 0 Å². The van der Waals surface area contributed by atoms with Gasteiger partial charge in [0, 0.05) is 18.3 Å². The van der Waals surface area contributed by atoms with Crippen LogP contribution in [-0.2, 0) is 0 Å². The van der Waals surface area contributed by atoms with Crippen LogP contribution in [0.15, 0.2) is 0 Å². The lowest BCUT2D eigenvalue weighted by atomic mass is 10.0. The van der Waals surface area contributed by atoms with E-state index >= 15 is 0 Å². The molecule has 0 aromatic rings. The summed E-state index contributed by atoms with van der Waals surface area (Å²) in [5.41, 5.74) is 0. The predicted molar refractivity (Wildman–Crippen MR) is 57.2 cm³/mol. The zero-order valence-electron chi connectivity index (χ0n) is 8.11. The highest BCUT2D eigenvalue weighted by molar-refractivity contribution is 7.99. The summed E-state index contributed by atoms with van der Waals surface area (Å²) in [6, 6.07) is 0.758. The fourth-order valence-corrected chi connectivity index (χ4v) is 3.51. The van der Waals surface area contributed by atoms with E-state index in [1.165, 1.54) is 37.3 Å². The number of thioether (sulfide) groups is 1. The van der Waals surface area contributed by atoms with Crippen LogP contribution in [0.1, 0.15) is 25.7 Å². The first-order valence-electron chi connectivity index (χ1n) is 5.36. The number of piperidine rings is 1. The first kappa shape index (κ1) is 9.81. The number of β-amino-alcohol motifs (C(OH)–C–C–N with tert-alkyl or cyclic N) is 1. The molecule has 2 fully saturated rings. The quantitative estimate of drug-likeness (QED) is 0.692. The van der Waals surface area contributed by atoms with Gasteiger partial charge in [-0.1, -0.05) is 0 Å². The van der Waals surface area contributed by atoms with Crippen LogP contribution in [-0.4, -0.2) is 46.7 Å². The Balaban J connectivity index is 1.83. The van der Waals surface area contributed by atoms with Crippen LogP contribution in [0.5, 0.6) is 0 Å². The second kappa shape index (κ2) is 4.67. The minimum Gasteiger partial charge on any atom is -0.392 e. The maximum absolute atomic E-state index is 9.56. The number of aliphatic hydroxyl groups is 1. The summed E-state index contributed by atoms with van der Waals surface area (Å²) in [4.78, 5) is 2.50. The molecular weight excluding hydrogens is 182 g/mol. The van der Waals surface area contributed by atoms with Crippen molar-refractivity contribution in [3.8, 4) is 0 Å². The van der Waals surface area contributed by atoms with Crippen LogP contribution in [0.4, 0.5) is 0 Å². The maximum Gasteiger partial charge on any atom is 0.0667 e. The van der Waals surface area contributed by atoms with E-state index in [9.17, 15) is 5.11 Å². The lowest BCUT2D eigenvalue weighted by molar-refractivity contribution is 0.0490. The second-order valence-corrected chi connectivity index (χ2v) is 5.31. The summed E-state index contributed by atoms with van der Waals surface area (Å²) >= 11 is 2.07. The lowest BCUT2D eigenvalue weighted by Crippen LogP contribution is -2.46. The normalized spacial score (nSPS) is 37.6. The number of hydrogen-bond donors (Lipinski definition) is 1. The van der Waals surface area contributed by atoms with Crippen molar-refractivity contribution in [3.05, 3.63) is 0 Å². The molecule has 3 heteroatoms. The molecule has 2 unspecified atom stereocenters. The van der Waals surface area contributed by atoms with E-state index in [0.717, 1.165) is 19.0 Å². The molecular formula is C10H19NOS. The smallest absolute Gasteiger partial charge is 0.0667 e. The third kappa shape index (κ3) is 2.61. The average molecular weight is 201 g/mol. The van der Waals surface area contributed by atoms with Gasteiger partial charge in [-0.25, -0.2) is 0 Å². The van der Waals surface area contributed by atoms with Crippen LogP contribution in [0.2, 0.25) is 0 Å². The second-order valence-electron chi connectivity index (χ2n) is 4.16. The number of aliphatic hydroxyl groups excluding tert-OH is 1. The monoisotopic (exact) mass is 201 g/mol. The van der Waals surface area contributed by atoms with Gasteiger partial charge in [0.1, 0.15) is 0 Å². The molecule has 0 radical (unpaired) electrons. The molecule has 2 saturated heterocycles. The molecule has 1 N–H and O–H groups in total. The number of nitrogens with zero attached hydrogens (tertiary/aromatic N) is 1. The molecule has 2 aliphatic heterocycles. The molecule has 2 rings (SSSR count). The van der Waals surface area contributed by atoms with Gasteiger partial charge in [-0.15, -0.1) is 0 Å². The van der Waals surface area contributed by atoms with Gasteiger partial charge < -0.3 is 5.11 Å². The van der Waals surface area contributed by atoms with E-state index in [4.69, 9.17) is 0 Å². The van der Waals surface area contributed by atoms with Gasteiger partial charge in [-0.3, -0.25) is 4.90 Å². The van der Waals surface area contributed by atoms with Gasteiger partial charge in [0.2, 0.25) is 0 Å². The van der Waals surface area contributed by atoms with E-state index in [1.807, 2.05) is 0 Å². The van der Waals surface area contributed by atoms with Gasteiger partial charge in [0.15, 0.2) is 0 Å². The molecule has 2 aliphatic rings. The van der Waals surface area contributed by atoms with Gasteiger partial charge >= 0.3 is 0 Å². The zero-order valence-corrected chi connectivity index (χ0v) is 8.93. The van der Waals surface area contributed by atoms with Crippen molar-refractivity contribution in [2.75, 3.05) is 24.6 Å². The molecule has 2 nitrogen and oxygen atoms in total. The summed E-state index contributed by atoms with van der Waals surface area (Å²) in [5.74, 6) is 2.62. The van der Waals surface area contributed by atoms with Gasteiger partial charge in [0.05, 0.1) is 6.10 Å². The minimum absolute atomic E-state index is 0.0549. The topological polar surface area (TPSA) is 23.5 Å². The van der Waals surface area contributed by atoms with Gasteiger partial charge in [-0.05, 0) is 38.0 Å². The fourth-order valence-electron chi connectivity index (χ4n) is 2.33. The largest absolute Gasteiger partial charge is 0.392 e.